The van der Waals surface area contributed by atoms with Crippen LogP contribution < -0.4 is 0 Å². The van der Waals surface area contributed by atoms with Crippen LogP contribution in [0.1, 0.15) is 58.8 Å². The van der Waals surface area contributed by atoms with Crippen LogP contribution in [0.4, 0.5) is 0 Å². The summed E-state index contributed by atoms with van der Waals surface area (Å²) < 4.78 is 53.1. The van der Waals surface area contributed by atoms with Gasteiger partial charge in [0.15, 0.2) is 0 Å². The van der Waals surface area contributed by atoms with E-state index in [2.05, 4.69) is 6.92 Å². The molecule has 0 unspecified atom stereocenters. The number of hydrogen-bond donors (Lipinski definition) is 0. The first-order valence-electron chi connectivity index (χ1n) is 15.1. The number of rotatable bonds is 34. The predicted octanol–water partition coefficient (Wildman–Crippen LogP) is 2.98. The van der Waals surface area contributed by atoms with Crippen molar-refractivity contribution in [3.8, 4) is 0 Å². The zero-order valence-electron chi connectivity index (χ0n) is 25.6. The number of carbonyl (C=O) groups is 2. The Morgan fingerprint density at radius 3 is 1.02 bits per heavy atom. The summed E-state index contributed by atoms with van der Waals surface area (Å²) in [5, 5.41) is 0. The topological polar surface area (TPSA) is 126 Å². The molecule has 0 aromatic carbocycles. The molecule has 0 bridgehead atoms. The molecule has 0 aromatic rings. The third kappa shape index (κ3) is 36.6. The van der Waals surface area contributed by atoms with E-state index in [0.29, 0.717) is 112 Å². The van der Waals surface area contributed by atoms with E-state index in [0.717, 1.165) is 12.8 Å². The van der Waals surface area contributed by atoms with Crippen LogP contribution in [0.25, 0.3) is 0 Å². The van der Waals surface area contributed by atoms with Gasteiger partial charge in [-0.15, -0.1) is 0 Å². The first kappa shape index (κ1) is 39.6. The summed E-state index contributed by atoms with van der Waals surface area (Å²) in [6.45, 7) is 11.5. The molecule has 12 nitrogen and oxygen atoms in total. The molecule has 12 heteroatoms. The minimum Gasteiger partial charge on any atom is -0.463 e. The maximum atomic E-state index is 11.6. The lowest BCUT2D eigenvalue weighted by atomic mass is 10.1. The summed E-state index contributed by atoms with van der Waals surface area (Å²) in [5.41, 5.74) is 0. The van der Waals surface area contributed by atoms with Gasteiger partial charge in [-0.2, -0.15) is 0 Å². The second kappa shape index (κ2) is 34.8. The first-order chi connectivity index (χ1) is 20.2. The molecule has 0 aliphatic heterocycles. The average molecular weight is 597 g/mol. The lowest BCUT2D eigenvalue weighted by Gasteiger charge is -2.09. The zero-order chi connectivity index (χ0) is 29.9. The van der Waals surface area contributed by atoms with Crippen molar-refractivity contribution in [3.05, 3.63) is 0 Å². The van der Waals surface area contributed by atoms with E-state index in [1.165, 1.54) is 32.6 Å². The van der Waals surface area contributed by atoms with Crippen molar-refractivity contribution in [2.24, 2.45) is 0 Å². The summed E-state index contributed by atoms with van der Waals surface area (Å²) in [7, 11) is 0. The fourth-order valence-electron chi connectivity index (χ4n) is 3.22. The summed E-state index contributed by atoms with van der Waals surface area (Å²) in [6.07, 6.45) is 7.41. The molecule has 244 valence electrons. The van der Waals surface area contributed by atoms with Crippen LogP contribution in [0.15, 0.2) is 0 Å². The highest BCUT2D eigenvalue weighted by molar-refractivity contribution is 5.69. The Morgan fingerprint density at radius 1 is 0.390 bits per heavy atom. The molecule has 0 rings (SSSR count). The van der Waals surface area contributed by atoms with Crippen LogP contribution in [0.3, 0.4) is 0 Å². The highest BCUT2D eigenvalue weighted by Gasteiger charge is 2.02. The molecular formula is C29H56O12. The minimum absolute atomic E-state index is 0.146. The van der Waals surface area contributed by atoms with Crippen LogP contribution in [0.2, 0.25) is 0 Å². The van der Waals surface area contributed by atoms with Gasteiger partial charge in [0.1, 0.15) is 13.2 Å². The molecule has 0 aliphatic rings. The summed E-state index contributed by atoms with van der Waals surface area (Å²) in [4.78, 5) is 22.2. The van der Waals surface area contributed by atoms with Crippen molar-refractivity contribution >= 4 is 11.9 Å². The Morgan fingerprint density at radius 2 is 0.683 bits per heavy atom. The quantitative estimate of drug-likeness (QED) is 0.0801. The van der Waals surface area contributed by atoms with Crippen LogP contribution >= 0.6 is 0 Å². The normalized spacial score (nSPS) is 11.2. The largest absolute Gasteiger partial charge is 0.463 e. The van der Waals surface area contributed by atoms with Crippen molar-refractivity contribution in [2.75, 3.05) is 119 Å². The van der Waals surface area contributed by atoms with Crippen molar-refractivity contribution in [1.29, 1.82) is 0 Å². The SMILES string of the molecule is CCCCCCCCC(=O)OCCOCCOCCOCCOCCOCCOCCOCCOCCOC(C)=O. The van der Waals surface area contributed by atoms with Gasteiger partial charge < -0.3 is 47.4 Å². The molecule has 41 heavy (non-hydrogen) atoms. The van der Waals surface area contributed by atoms with Gasteiger partial charge in [0.25, 0.3) is 0 Å². The molecular weight excluding hydrogens is 540 g/mol. The van der Waals surface area contributed by atoms with E-state index in [9.17, 15) is 9.59 Å². The van der Waals surface area contributed by atoms with Gasteiger partial charge in [0, 0.05) is 13.3 Å². The van der Waals surface area contributed by atoms with Crippen LogP contribution in [-0.4, -0.2) is 131 Å². The number of unbranched alkanes of at least 4 members (excludes halogenated alkanes) is 5. The number of esters is 2. The Hall–Kier alpha value is -1.38. The summed E-state index contributed by atoms with van der Waals surface area (Å²) in [5.74, 6) is -0.458. The highest BCUT2D eigenvalue weighted by Crippen LogP contribution is 2.07. The molecule has 0 atom stereocenters. The summed E-state index contributed by atoms with van der Waals surface area (Å²) >= 11 is 0. The molecule has 0 spiro atoms. The first-order valence-corrected chi connectivity index (χ1v) is 15.1. The molecule has 0 aliphatic carbocycles. The fourth-order valence-corrected chi connectivity index (χ4v) is 3.22. The number of ether oxygens (including phenoxy) is 10. The van der Waals surface area contributed by atoms with E-state index in [1.807, 2.05) is 0 Å². The second-order valence-corrected chi connectivity index (χ2v) is 8.98. The third-order valence-corrected chi connectivity index (χ3v) is 5.36. The standard InChI is InChI=1S/C29H56O12/c1-3-4-5-6-7-8-9-29(31)41-27-25-39-23-21-37-19-17-35-15-13-33-11-10-32-12-14-34-16-18-36-20-22-38-24-26-40-28(2)30/h3-27H2,1-2H3. The van der Waals surface area contributed by atoms with E-state index in [1.54, 1.807) is 0 Å². The maximum absolute atomic E-state index is 11.6. The van der Waals surface area contributed by atoms with Gasteiger partial charge in [-0.05, 0) is 6.42 Å². The number of hydrogen-bond acceptors (Lipinski definition) is 12. The molecule has 0 radical (unpaired) electrons. The van der Waals surface area contributed by atoms with Crippen LogP contribution in [-0.2, 0) is 57.0 Å². The lowest BCUT2D eigenvalue weighted by Crippen LogP contribution is -2.15. The lowest BCUT2D eigenvalue weighted by molar-refractivity contribution is -0.145. The molecule has 0 fully saturated rings. The molecule has 0 saturated heterocycles. The van der Waals surface area contributed by atoms with Gasteiger partial charge in [-0.25, -0.2) is 0 Å². The second-order valence-electron chi connectivity index (χ2n) is 8.98. The monoisotopic (exact) mass is 596 g/mol. The predicted molar refractivity (Wildman–Crippen MR) is 152 cm³/mol. The fraction of sp³-hybridized carbons (Fsp3) is 0.931. The van der Waals surface area contributed by atoms with E-state index in [4.69, 9.17) is 47.4 Å². The molecule has 0 saturated carbocycles. The van der Waals surface area contributed by atoms with Crippen LogP contribution in [0, 0.1) is 0 Å². The van der Waals surface area contributed by atoms with Crippen molar-refractivity contribution in [2.45, 2.75) is 58.8 Å². The van der Waals surface area contributed by atoms with Gasteiger partial charge in [0.05, 0.1) is 106 Å². The van der Waals surface area contributed by atoms with E-state index >= 15 is 0 Å². The Kier molecular flexibility index (Phi) is 33.6. The summed E-state index contributed by atoms with van der Waals surface area (Å²) in [6, 6.07) is 0. The highest BCUT2D eigenvalue weighted by atomic mass is 16.6. The van der Waals surface area contributed by atoms with Crippen molar-refractivity contribution < 1.29 is 57.0 Å². The van der Waals surface area contributed by atoms with E-state index in [-0.39, 0.29) is 25.2 Å². The smallest absolute Gasteiger partial charge is 0.305 e. The minimum atomic E-state index is -0.312. The van der Waals surface area contributed by atoms with Gasteiger partial charge in [0.2, 0.25) is 0 Å². The molecule has 0 N–H and O–H groups in total. The molecule has 0 amide bonds. The number of carbonyl (C=O) groups excluding carboxylic acids is 2. The molecule has 0 heterocycles. The average Bonchev–Trinajstić information content (AvgIpc) is 2.96. The third-order valence-electron chi connectivity index (χ3n) is 5.36. The Bertz CT molecular complexity index is 550. The van der Waals surface area contributed by atoms with Gasteiger partial charge in [-0.1, -0.05) is 39.0 Å². The molecule has 0 aromatic heterocycles. The van der Waals surface area contributed by atoms with Gasteiger partial charge >= 0.3 is 11.9 Å². The van der Waals surface area contributed by atoms with Crippen LogP contribution in [0.5, 0.6) is 0 Å². The Balaban J connectivity index is 3.10. The van der Waals surface area contributed by atoms with Gasteiger partial charge in [-0.3, -0.25) is 9.59 Å². The maximum Gasteiger partial charge on any atom is 0.305 e. The zero-order valence-corrected chi connectivity index (χ0v) is 25.6. The van der Waals surface area contributed by atoms with E-state index < -0.39 is 0 Å². The van der Waals surface area contributed by atoms with Crippen molar-refractivity contribution in [3.63, 3.8) is 0 Å². The Labute approximate surface area is 246 Å². The van der Waals surface area contributed by atoms with Crippen molar-refractivity contribution in [1.82, 2.24) is 0 Å².